The lowest BCUT2D eigenvalue weighted by atomic mass is 10.0. The number of benzene rings is 1. The number of rotatable bonds is 6. The van der Waals surface area contributed by atoms with Crippen molar-refractivity contribution in [2.45, 2.75) is 31.2 Å². The van der Waals surface area contributed by atoms with E-state index in [1.807, 2.05) is 13.8 Å². The third-order valence-corrected chi connectivity index (χ3v) is 5.65. The number of sulfonamides is 1. The van der Waals surface area contributed by atoms with Crippen LogP contribution in [0.3, 0.4) is 0 Å². The average Bonchev–Trinajstić information content (AvgIpc) is 2.31. The van der Waals surface area contributed by atoms with Crippen LogP contribution < -0.4 is 4.72 Å². The number of halogens is 3. The molecule has 1 aromatic rings. The molecule has 0 radical (unpaired) electrons. The maximum atomic E-state index is 12.3. The standard InChI is InChI=1S/C12H16BrCl2NO2S/c1-8(2)12(5-6-14)16-19(17,18)9-3-4-11(15)10(13)7-9/h3-4,7-8,12,16H,5-6H2,1-2H3. The summed E-state index contributed by atoms with van der Waals surface area (Å²) in [5.74, 6) is 0.583. The molecule has 0 fully saturated rings. The van der Waals surface area contributed by atoms with Crippen molar-refractivity contribution in [2.24, 2.45) is 5.92 Å². The first-order chi connectivity index (χ1) is 8.77. The zero-order valence-corrected chi connectivity index (χ0v) is 14.6. The molecule has 0 heterocycles. The van der Waals surface area contributed by atoms with Crippen molar-refractivity contribution >= 4 is 49.2 Å². The molecule has 1 rings (SSSR count). The van der Waals surface area contributed by atoms with E-state index in [9.17, 15) is 8.42 Å². The lowest BCUT2D eigenvalue weighted by molar-refractivity contribution is 0.439. The van der Waals surface area contributed by atoms with Gasteiger partial charge in [-0.3, -0.25) is 0 Å². The average molecular weight is 389 g/mol. The van der Waals surface area contributed by atoms with E-state index in [1.165, 1.54) is 12.1 Å². The summed E-state index contributed by atoms with van der Waals surface area (Å²) in [7, 11) is -3.56. The molecule has 7 heteroatoms. The first-order valence-corrected chi connectivity index (χ1v) is 9.00. The molecule has 3 nitrogen and oxygen atoms in total. The molecule has 0 aliphatic rings. The van der Waals surface area contributed by atoms with Gasteiger partial charge in [-0.15, -0.1) is 11.6 Å². The van der Waals surface area contributed by atoms with Gasteiger partial charge in [0.05, 0.1) is 9.92 Å². The molecule has 19 heavy (non-hydrogen) atoms. The smallest absolute Gasteiger partial charge is 0.208 e. The van der Waals surface area contributed by atoms with Gasteiger partial charge in [-0.25, -0.2) is 13.1 Å². The topological polar surface area (TPSA) is 46.2 Å². The van der Waals surface area contributed by atoms with Gasteiger partial charge in [0.2, 0.25) is 10.0 Å². The Morgan fingerprint density at radius 3 is 2.47 bits per heavy atom. The van der Waals surface area contributed by atoms with Crippen LogP contribution in [0.25, 0.3) is 0 Å². The second-order valence-corrected chi connectivity index (χ2v) is 7.88. The Kier molecular flexibility index (Phi) is 6.60. The van der Waals surface area contributed by atoms with Crippen molar-refractivity contribution in [1.29, 1.82) is 0 Å². The van der Waals surface area contributed by atoms with Crippen LogP contribution >= 0.6 is 39.1 Å². The van der Waals surface area contributed by atoms with Gasteiger partial charge in [-0.05, 0) is 46.5 Å². The van der Waals surface area contributed by atoms with Crippen LogP contribution in [0, 0.1) is 5.92 Å². The van der Waals surface area contributed by atoms with Crippen molar-refractivity contribution < 1.29 is 8.42 Å². The quantitative estimate of drug-likeness (QED) is 0.747. The largest absolute Gasteiger partial charge is 0.240 e. The highest BCUT2D eigenvalue weighted by Crippen LogP contribution is 2.25. The van der Waals surface area contributed by atoms with Crippen LogP contribution in [0.1, 0.15) is 20.3 Å². The number of hydrogen-bond acceptors (Lipinski definition) is 2. The third-order valence-electron chi connectivity index (χ3n) is 2.73. The molecule has 1 atom stereocenters. The Labute approximate surface area is 132 Å². The maximum absolute atomic E-state index is 12.3. The zero-order chi connectivity index (χ0) is 14.6. The van der Waals surface area contributed by atoms with Crippen molar-refractivity contribution in [3.05, 3.63) is 27.7 Å². The van der Waals surface area contributed by atoms with E-state index >= 15 is 0 Å². The molecule has 0 aliphatic heterocycles. The maximum Gasteiger partial charge on any atom is 0.240 e. The molecule has 0 amide bonds. The van der Waals surface area contributed by atoms with Gasteiger partial charge in [-0.2, -0.15) is 0 Å². The molecule has 0 saturated carbocycles. The van der Waals surface area contributed by atoms with Gasteiger partial charge in [0.25, 0.3) is 0 Å². The van der Waals surface area contributed by atoms with E-state index in [4.69, 9.17) is 23.2 Å². The van der Waals surface area contributed by atoms with E-state index in [2.05, 4.69) is 20.7 Å². The summed E-state index contributed by atoms with van der Waals surface area (Å²) in [6.07, 6.45) is 0.590. The van der Waals surface area contributed by atoms with E-state index in [0.29, 0.717) is 21.8 Å². The molecule has 1 unspecified atom stereocenters. The highest BCUT2D eigenvalue weighted by molar-refractivity contribution is 9.10. The molecule has 1 aromatic carbocycles. The molecule has 108 valence electrons. The van der Waals surface area contributed by atoms with E-state index in [0.717, 1.165) is 0 Å². The minimum Gasteiger partial charge on any atom is -0.208 e. The van der Waals surface area contributed by atoms with Crippen LogP contribution in [0.15, 0.2) is 27.6 Å². The molecule has 1 N–H and O–H groups in total. The normalized spacial score (nSPS) is 13.8. The monoisotopic (exact) mass is 387 g/mol. The summed E-state index contributed by atoms with van der Waals surface area (Å²) in [4.78, 5) is 0.184. The number of alkyl halides is 1. The van der Waals surface area contributed by atoms with Crippen LogP contribution in [-0.4, -0.2) is 20.3 Å². The summed E-state index contributed by atoms with van der Waals surface area (Å²) in [5, 5.41) is 0.472. The SMILES string of the molecule is CC(C)C(CCCl)NS(=O)(=O)c1ccc(Cl)c(Br)c1. The lowest BCUT2D eigenvalue weighted by Gasteiger charge is -2.21. The fourth-order valence-electron chi connectivity index (χ4n) is 1.56. The van der Waals surface area contributed by atoms with E-state index < -0.39 is 10.0 Å². The first kappa shape index (κ1) is 17.2. The molecule has 0 saturated heterocycles. The fourth-order valence-corrected chi connectivity index (χ4v) is 3.89. The minimum atomic E-state index is -3.56. The second kappa shape index (κ2) is 7.27. The van der Waals surface area contributed by atoms with Crippen molar-refractivity contribution in [3.63, 3.8) is 0 Å². The Morgan fingerprint density at radius 1 is 1.37 bits per heavy atom. The molecular weight excluding hydrogens is 373 g/mol. The highest BCUT2D eigenvalue weighted by atomic mass is 79.9. The van der Waals surface area contributed by atoms with Crippen LogP contribution in [0.2, 0.25) is 5.02 Å². The molecule has 0 spiro atoms. The fraction of sp³-hybridized carbons (Fsp3) is 0.500. The molecule has 0 aliphatic carbocycles. The number of nitrogens with one attached hydrogen (secondary N) is 1. The highest BCUT2D eigenvalue weighted by Gasteiger charge is 2.22. The van der Waals surface area contributed by atoms with E-state index in [-0.39, 0.29) is 16.9 Å². The third kappa shape index (κ3) is 4.90. The van der Waals surface area contributed by atoms with Crippen molar-refractivity contribution in [2.75, 3.05) is 5.88 Å². The van der Waals surface area contributed by atoms with Crippen molar-refractivity contribution in [3.8, 4) is 0 Å². The Bertz CT molecular complexity index is 535. The van der Waals surface area contributed by atoms with E-state index in [1.54, 1.807) is 6.07 Å². The van der Waals surface area contributed by atoms with Gasteiger partial charge >= 0.3 is 0 Å². The summed E-state index contributed by atoms with van der Waals surface area (Å²) < 4.78 is 27.8. The van der Waals surface area contributed by atoms with Crippen LogP contribution in [-0.2, 0) is 10.0 Å². The summed E-state index contributed by atoms with van der Waals surface area (Å²) in [5.41, 5.74) is 0. The summed E-state index contributed by atoms with van der Waals surface area (Å²) >= 11 is 14.8. The molecule has 0 aromatic heterocycles. The lowest BCUT2D eigenvalue weighted by Crippen LogP contribution is -2.38. The van der Waals surface area contributed by atoms with Gasteiger partial charge in [-0.1, -0.05) is 25.4 Å². The summed E-state index contributed by atoms with van der Waals surface area (Å²) in [6.45, 7) is 3.91. The zero-order valence-electron chi connectivity index (χ0n) is 10.7. The van der Waals surface area contributed by atoms with Gasteiger partial charge in [0.1, 0.15) is 0 Å². The Hall–Kier alpha value is 0.190. The molecule has 0 bridgehead atoms. The van der Waals surface area contributed by atoms with Crippen LogP contribution in [0.4, 0.5) is 0 Å². The van der Waals surface area contributed by atoms with Crippen LogP contribution in [0.5, 0.6) is 0 Å². The summed E-state index contributed by atoms with van der Waals surface area (Å²) in [6, 6.07) is 4.33. The predicted molar refractivity (Wildman–Crippen MR) is 83.4 cm³/mol. The predicted octanol–water partition coefficient (Wildman–Crippen LogP) is 4.03. The Morgan fingerprint density at radius 2 is 2.00 bits per heavy atom. The van der Waals surface area contributed by atoms with Gasteiger partial charge in [0.15, 0.2) is 0 Å². The van der Waals surface area contributed by atoms with Gasteiger partial charge < -0.3 is 0 Å². The molecular formula is C12H16BrCl2NO2S. The Balaban J connectivity index is 2.99. The number of hydrogen-bond donors (Lipinski definition) is 1. The second-order valence-electron chi connectivity index (χ2n) is 4.53. The van der Waals surface area contributed by atoms with Gasteiger partial charge in [0, 0.05) is 16.4 Å². The first-order valence-electron chi connectivity index (χ1n) is 5.81. The van der Waals surface area contributed by atoms with Crippen molar-refractivity contribution in [1.82, 2.24) is 4.72 Å². The minimum absolute atomic E-state index is 0.171.